The van der Waals surface area contributed by atoms with Crippen LogP contribution in [0.2, 0.25) is 0 Å². The van der Waals surface area contributed by atoms with Crippen molar-refractivity contribution >= 4 is 0 Å². The second kappa shape index (κ2) is 4.86. The first-order valence-corrected chi connectivity index (χ1v) is 6.38. The number of nitrogens with one attached hydrogen (secondary N) is 1. The lowest BCUT2D eigenvalue weighted by Gasteiger charge is -2.46. The average Bonchev–Trinajstić information content (AvgIpc) is 2.27. The summed E-state index contributed by atoms with van der Waals surface area (Å²) in [6.07, 6.45) is 0. The quantitative estimate of drug-likeness (QED) is 0.847. The van der Waals surface area contributed by atoms with Crippen LogP contribution in [0.1, 0.15) is 32.4 Å². The molecular weight excluding hydrogens is 231 g/mol. The van der Waals surface area contributed by atoms with Crippen LogP contribution >= 0.6 is 0 Å². The van der Waals surface area contributed by atoms with Crippen LogP contribution in [0.4, 0.5) is 4.39 Å². The zero-order valence-corrected chi connectivity index (χ0v) is 11.2. The molecule has 1 aromatic carbocycles. The highest BCUT2D eigenvalue weighted by Crippen LogP contribution is 2.31. The molecular formula is C14H21FN2O. The number of piperazine rings is 1. The van der Waals surface area contributed by atoms with Crippen LogP contribution in [0.15, 0.2) is 18.2 Å². The molecule has 1 aliphatic rings. The van der Waals surface area contributed by atoms with Crippen LogP contribution in [-0.2, 0) is 0 Å². The standard InChI is InChI=1S/C14H21FN2O/c1-10(12-5-4-11(18)8-13(12)15)17-7-6-16-9-14(17,2)3/h4-5,8,10,16,18H,6-7,9H2,1-3H3. The highest BCUT2D eigenvalue weighted by molar-refractivity contribution is 5.30. The SMILES string of the molecule is CC(c1ccc(O)cc1F)N1CCNCC1(C)C. The van der Waals surface area contributed by atoms with E-state index in [4.69, 9.17) is 0 Å². The first kappa shape index (κ1) is 13.3. The summed E-state index contributed by atoms with van der Waals surface area (Å²) in [4.78, 5) is 2.30. The first-order chi connectivity index (χ1) is 8.42. The number of halogens is 1. The molecule has 0 aromatic heterocycles. The highest BCUT2D eigenvalue weighted by Gasteiger charge is 2.34. The van der Waals surface area contributed by atoms with Gasteiger partial charge in [-0.15, -0.1) is 0 Å². The lowest BCUT2D eigenvalue weighted by molar-refractivity contribution is 0.0502. The Morgan fingerprint density at radius 2 is 2.17 bits per heavy atom. The Balaban J connectivity index is 2.27. The lowest BCUT2D eigenvalue weighted by Crippen LogP contribution is -2.58. The minimum atomic E-state index is -0.336. The normalized spacial score (nSPS) is 21.8. The summed E-state index contributed by atoms with van der Waals surface area (Å²) in [6.45, 7) is 9.06. The van der Waals surface area contributed by atoms with Gasteiger partial charge in [0.15, 0.2) is 0 Å². The van der Waals surface area contributed by atoms with Crippen LogP contribution < -0.4 is 5.32 Å². The average molecular weight is 252 g/mol. The minimum absolute atomic E-state index is 0.00198. The van der Waals surface area contributed by atoms with E-state index in [0.29, 0.717) is 5.56 Å². The number of aromatic hydroxyl groups is 1. The smallest absolute Gasteiger partial charge is 0.131 e. The molecule has 18 heavy (non-hydrogen) atoms. The molecule has 0 spiro atoms. The molecule has 1 aliphatic heterocycles. The van der Waals surface area contributed by atoms with Gasteiger partial charge in [0.05, 0.1) is 0 Å². The van der Waals surface area contributed by atoms with Crippen LogP contribution in [0, 0.1) is 5.82 Å². The van der Waals surface area contributed by atoms with Crippen LogP contribution in [0.3, 0.4) is 0 Å². The summed E-state index contributed by atoms with van der Waals surface area (Å²) < 4.78 is 13.9. The summed E-state index contributed by atoms with van der Waals surface area (Å²) in [6, 6.07) is 4.40. The van der Waals surface area contributed by atoms with Crippen molar-refractivity contribution in [2.24, 2.45) is 0 Å². The Hall–Kier alpha value is -1.13. The number of benzene rings is 1. The van der Waals surface area contributed by atoms with E-state index in [0.717, 1.165) is 19.6 Å². The van der Waals surface area contributed by atoms with E-state index < -0.39 is 0 Å². The van der Waals surface area contributed by atoms with E-state index in [1.165, 1.54) is 6.07 Å². The van der Waals surface area contributed by atoms with Gasteiger partial charge in [-0.25, -0.2) is 4.39 Å². The molecule has 1 unspecified atom stereocenters. The topological polar surface area (TPSA) is 35.5 Å². The Morgan fingerprint density at radius 3 is 2.78 bits per heavy atom. The Kier molecular flexibility index (Phi) is 3.59. The van der Waals surface area contributed by atoms with Gasteiger partial charge >= 0.3 is 0 Å². The van der Waals surface area contributed by atoms with Gasteiger partial charge in [0.2, 0.25) is 0 Å². The fourth-order valence-electron chi connectivity index (χ4n) is 2.74. The van der Waals surface area contributed by atoms with Crippen LogP contribution in [-0.4, -0.2) is 35.2 Å². The van der Waals surface area contributed by atoms with Crippen LogP contribution in [0.25, 0.3) is 0 Å². The highest BCUT2D eigenvalue weighted by atomic mass is 19.1. The third kappa shape index (κ3) is 2.49. The third-order valence-corrected chi connectivity index (χ3v) is 3.77. The van der Waals surface area contributed by atoms with Gasteiger partial charge in [-0.05, 0) is 26.8 Å². The molecule has 2 rings (SSSR count). The number of phenolic OH excluding ortho intramolecular Hbond substituents is 1. The fraction of sp³-hybridized carbons (Fsp3) is 0.571. The van der Waals surface area contributed by atoms with E-state index in [-0.39, 0.29) is 23.1 Å². The van der Waals surface area contributed by atoms with E-state index >= 15 is 0 Å². The van der Waals surface area contributed by atoms with Gasteiger partial charge in [-0.2, -0.15) is 0 Å². The predicted octanol–water partition coefficient (Wildman–Crippen LogP) is 2.28. The molecule has 3 nitrogen and oxygen atoms in total. The first-order valence-electron chi connectivity index (χ1n) is 6.38. The molecule has 1 aromatic rings. The van der Waals surface area contributed by atoms with E-state index in [1.807, 2.05) is 6.92 Å². The molecule has 0 bridgehead atoms. The summed E-state index contributed by atoms with van der Waals surface area (Å²) >= 11 is 0. The molecule has 0 radical (unpaired) electrons. The Labute approximate surface area is 108 Å². The number of phenols is 1. The summed E-state index contributed by atoms with van der Waals surface area (Å²) in [5.41, 5.74) is 0.643. The summed E-state index contributed by atoms with van der Waals surface area (Å²) in [5.74, 6) is -0.361. The van der Waals surface area contributed by atoms with Crippen molar-refractivity contribution in [1.29, 1.82) is 0 Å². The summed E-state index contributed by atoms with van der Waals surface area (Å²) in [5, 5.41) is 12.6. The van der Waals surface area contributed by atoms with Gasteiger partial charge in [-0.1, -0.05) is 6.07 Å². The maximum Gasteiger partial charge on any atom is 0.131 e. The maximum atomic E-state index is 13.9. The van der Waals surface area contributed by atoms with Crippen LogP contribution in [0.5, 0.6) is 5.75 Å². The second-order valence-electron chi connectivity index (χ2n) is 5.56. The zero-order valence-electron chi connectivity index (χ0n) is 11.2. The molecule has 1 saturated heterocycles. The number of hydrogen-bond acceptors (Lipinski definition) is 3. The Bertz CT molecular complexity index is 434. The van der Waals surface area contributed by atoms with Crippen molar-refractivity contribution in [2.75, 3.05) is 19.6 Å². The molecule has 4 heteroatoms. The molecule has 2 N–H and O–H groups in total. The van der Waals surface area contributed by atoms with Gasteiger partial charge in [0.1, 0.15) is 11.6 Å². The molecule has 0 amide bonds. The number of rotatable bonds is 2. The predicted molar refractivity (Wildman–Crippen MR) is 70.1 cm³/mol. The van der Waals surface area contributed by atoms with Gasteiger partial charge in [0.25, 0.3) is 0 Å². The van der Waals surface area contributed by atoms with E-state index in [2.05, 4.69) is 24.1 Å². The van der Waals surface area contributed by atoms with E-state index in [9.17, 15) is 9.50 Å². The van der Waals surface area contributed by atoms with Crippen molar-refractivity contribution in [1.82, 2.24) is 10.2 Å². The molecule has 100 valence electrons. The van der Waals surface area contributed by atoms with Crippen molar-refractivity contribution < 1.29 is 9.50 Å². The lowest BCUT2D eigenvalue weighted by atomic mass is 9.95. The van der Waals surface area contributed by atoms with Gasteiger partial charge in [0, 0.05) is 42.8 Å². The number of hydrogen-bond donors (Lipinski definition) is 2. The van der Waals surface area contributed by atoms with Gasteiger partial charge < -0.3 is 10.4 Å². The molecule has 1 atom stereocenters. The summed E-state index contributed by atoms with van der Waals surface area (Å²) in [7, 11) is 0. The second-order valence-corrected chi connectivity index (χ2v) is 5.56. The monoisotopic (exact) mass is 252 g/mol. The van der Waals surface area contributed by atoms with Crippen molar-refractivity contribution in [2.45, 2.75) is 32.4 Å². The third-order valence-electron chi connectivity index (χ3n) is 3.77. The zero-order chi connectivity index (χ0) is 13.3. The van der Waals surface area contributed by atoms with E-state index in [1.54, 1.807) is 12.1 Å². The number of nitrogens with zero attached hydrogens (tertiary/aromatic N) is 1. The largest absolute Gasteiger partial charge is 0.508 e. The maximum absolute atomic E-state index is 13.9. The molecule has 1 heterocycles. The Morgan fingerprint density at radius 1 is 1.44 bits per heavy atom. The van der Waals surface area contributed by atoms with Crippen molar-refractivity contribution in [3.8, 4) is 5.75 Å². The molecule has 1 fully saturated rings. The van der Waals surface area contributed by atoms with Crippen molar-refractivity contribution in [3.05, 3.63) is 29.6 Å². The molecule has 0 aliphatic carbocycles. The minimum Gasteiger partial charge on any atom is -0.508 e. The van der Waals surface area contributed by atoms with Gasteiger partial charge in [-0.3, -0.25) is 4.90 Å². The fourth-order valence-corrected chi connectivity index (χ4v) is 2.74. The van der Waals surface area contributed by atoms with Crippen molar-refractivity contribution in [3.63, 3.8) is 0 Å². The molecule has 0 saturated carbocycles.